The minimum absolute atomic E-state index is 0.205. The molecule has 0 bridgehead atoms. The molecule has 46 heavy (non-hydrogen) atoms. The van der Waals surface area contributed by atoms with Gasteiger partial charge in [-0.2, -0.15) is 13.2 Å². The number of ether oxygens (including phenoxy) is 1. The van der Waals surface area contributed by atoms with Crippen molar-refractivity contribution < 1.29 is 32.6 Å². The Bertz CT molecular complexity index is 1650. The van der Waals surface area contributed by atoms with Crippen LogP contribution in [0.15, 0.2) is 78.3 Å². The van der Waals surface area contributed by atoms with Gasteiger partial charge in [-0.1, -0.05) is 37.3 Å². The molecule has 2 heterocycles. The van der Waals surface area contributed by atoms with Crippen LogP contribution in [0.25, 0.3) is 10.6 Å². The first kappa shape index (κ1) is 33.1. The van der Waals surface area contributed by atoms with Crippen LogP contribution in [0.4, 0.5) is 18.9 Å². The number of aliphatic hydroxyl groups is 1. The minimum atomic E-state index is -4.41. The Morgan fingerprint density at radius 2 is 1.87 bits per heavy atom. The van der Waals surface area contributed by atoms with Gasteiger partial charge in [0.2, 0.25) is 0 Å². The number of hydrogen-bond acceptors (Lipinski definition) is 7. The number of hydrogen-bond donors (Lipinski definition) is 2. The van der Waals surface area contributed by atoms with Crippen molar-refractivity contribution in [1.29, 1.82) is 0 Å². The maximum atomic E-state index is 13.8. The van der Waals surface area contributed by atoms with E-state index in [0.29, 0.717) is 36.4 Å². The second-order valence-electron chi connectivity index (χ2n) is 11.6. The predicted octanol–water partition coefficient (Wildman–Crippen LogP) is 6.43. The summed E-state index contributed by atoms with van der Waals surface area (Å²) in [5.74, 6) is -0.705. The topological polar surface area (TPSA) is 95.0 Å². The van der Waals surface area contributed by atoms with Gasteiger partial charge in [0.25, 0.3) is 11.8 Å². The van der Waals surface area contributed by atoms with Crippen LogP contribution in [0, 0.1) is 5.92 Å². The molecule has 0 aliphatic carbocycles. The molecule has 4 aromatic rings. The van der Waals surface area contributed by atoms with Crippen LogP contribution in [-0.4, -0.2) is 70.6 Å². The van der Waals surface area contributed by atoms with Crippen molar-refractivity contribution in [2.45, 2.75) is 38.7 Å². The average molecular weight is 653 g/mol. The van der Waals surface area contributed by atoms with Gasteiger partial charge in [0, 0.05) is 48.3 Å². The molecule has 2 amide bonds. The fourth-order valence-corrected chi connectivity index (χ4v) is 6.01. The van der Waals surface area contributed by atoms with Crippen molar-refractivity contribution in [2.75, 3.05) is 32.1 Å². The van der Waals surface area contributed by atoms with E-state index in [1.54, 1.807) is 48.4 Å². The molecule has 5 rings (SSSR count). The molecule has 0 saturated heterocycles. The van der Waals surface area contributed by atoms with Crippen molar-refractivity contribution in [2.24, 2.45) is 5.92 Å². The van der Waals surface area contributed by atoms with Crippen LogP contribution in [-0.2, 0) is 12.7 Å². The number of nitrogens with zero attached hydrogens (tertiary/aromatic N) is 3. The first-order valence-corrected chi connectivity index (χ1v) is 15.7. The van der Waals surface area contributed by atoms with Crippen molar-refractivity contribution >= 4 is 28.8 Å². The molecule has 8 nitrogen and oxygen atoms in total. The second kappa shape index (κ2) is 14.0. The monoisotopic (exact) mass is 652 g/mol. The molecule has 12 heteroatoms. The number of carbonyl (C=O) groups excluding carboxylic acids is 2. The van der Waals surface area contributed by atoms with Gasteiger partial charge < -0.3 is 20.1 Å². The van der Waals surface area contributed by atoms with Gasteiger partial charge in [-0.05, 0) is 55.9 Å². The lowest BCUT2D eigenvalue weighted by molar-refractivity contribution is -0.137. The number of aromatic nitrogens is 1. The van der Waals surface area contributed by atoms with E-state index in [1.165, 1.54) is 23.5 Å². The fraction of sp³-hybridized carbons (Fsp3) is 0.324. The van der Waals surface area contributed by atoms with Gasteiger partial charge in [0.15, 0.2) is 5.75 Å². The number of fused-ring (bicyclic) bond motifs is 1. The molecule has 242 valence electrons. The Kier molecular flexibility index (Phi) is 10.1. The highest BCUT2D eigenvalue weighted by Crippen LogP contribution is 2.36. The lowest BCUT2D eigenvalue weighted by Crippen LogP contribution is -2.49. The summed E-state index contributed by atoms with van der Waals surface area (Å²) in [6.07, 6.45) is -3.17. The largest absolute Gasteiger partial charge is 0.486 e. The third-order valence-electron chi connectivity index (χ3n) is 7.99. The number of carbonyl (C=O) groups is 2. The normalized spacial score (nSPS) is 17.6. The molecule has 0 spiro atoms. The summed E-state index contributed by atoms with van der Waals surface area (Å²) in [7, 11) is 1.84. The summed E-state index contributed by atoms with van der Waals surface area (Å²) >= 11 is 1.50. The molecular formula is C34H35F3N4O4S. The van der Waals surface area contributed by atoms with Crippen LogP contribution >= 0.6 is 11.3 Å². The van der Waals surface area contributed by atoms with E-state index in [4.69, 9.17) is 4.74 Å². The number of alkyl halides is 3. The molecule has 1 aliphatic rings. The standard InChI is InChI=1S/C34H35F3N4O4S/c1-21-17-41(22(2)20-42)33(44)27-5-4-6-28(39-31(43)24-9-11-25(12-10-24)32-38-15-16-46-32)30(27)45-29(21)19-40(3)18-23-7-13-26(14-8-23)34(35,36)37/h4-16,21-22,29,42H,17-20H2,1-3H3,(H,39,43)/t21-,22-,29+/m0/s1. The van der Waals surface area contributed by atoms with Crippen LogP contribution in [0.5, 0.6) is 5.75 Å². The number of rotatable bonds is 9. The molecule has 0 saturated carbocycles. The minimum Gasteiger partial charge on any atom is -0.486 e. The van der Waals surface area contributed by atoms with E-state index in [9.17, 15) is 27.9 Å². The zero-order valence-corrected chi connectivity index (χ0v) is 26.4. The van der Waals surface area contributed by atoms with E-state index >= 15 is 0 Å². The number of para-hydroxylation sites is 1. The summed E-state index contributed by atoms with van der Waals surface area (Å²) in [4.78, 5) is 35.0. The zero-order chi connectivity index (χ0) is 33.0. The molecule has 0 radical (unpaired) electrons. The lowest BCUT2D eigenvalue weighted by atomic mass is 9.98. The van der Waals surface area contributed by atoms with Crippen LogP contribution < -0.4 is 10.1 Å². The van der Waals surface area contributed by atoms with Crippen LogP contribution in [0.2, 0.25) is 0 Å². The summed E-state index contributed by atoms with van der Waals surface area (Å²) in [5, 5.41) is 15.6. The maximum Gasteiger partial charge on any atom is 0.416 e. The van der Waals surface area contributed by atoms with Crippen LogP contribution in [0.1, 0.15) is 45.7 Å². The van der Waals surface area contributed by atoms with Crippen molar-refractivity contribution in [3.8, 4) is 16.3 Å². The number of nitrogens with one attached hydrogen (secondary N) is 1. The second-order valence-corrected chi connectivity index (χ2v) is 12.5. The van der Waals surface area contributed by atoms with Crippen LogP contribution in [0.3, 0.4) is 0 Å². The number of benzene rings is 3. The fourth-order valence-electron chi connectivity index (χ4n) is 5.37. The molecule has 0 fully saturated rings. The van der Waals surface area contributed by atoms with Gasteiger partial charge in [-0.25, -0.2) is 4.98 Å². The number of aliphatic hydroxyl groups excluding tert-OH is 1. The molecule has 1 aromatic heterocycles. The highest BCUT2D eigenvalue weighted by atomic mass is 32.1. The highest BCUT2D eigenvalue weighted by molar-refractivity contribution is 7.13. The quantitative estimate of drug-likeness (QED) is 0.216. The summed E-state index contributed by atoms with van der Waals surface area (Å²) in [6.45, 7) is 4.51. The number of amides is 2. The maximum absolute atomic E-state index is 13.8. The third kappa shape index (κ3) is 7.57. The molecule has 3 atom stereocenters. The zero-order valence-electron chi connectivity index (χ0n) is 25.6. The van der Waals surface area contributed by atoms with E-state index in [2.05, 4.69) is 10.3 Å². The van der Waals surface area contributed by atoms with Crippen molar-refractivity contribution in [3.05, 3.63) is 101 Å². The smallest absolute Gasteiger partial charge is 0.416 e. The van der Waals surface area contributed by atoms with Gasteiger partial charge in [0.05, 0.1) is 29.5 Å². The Labute approximate surface area is 269 Å². The molecular weight excluding hydrogens is 617 g/mol. The molecule has 1 aliphatic heterocycles. The summed E-state index contributed by atoms with van der Waals surface area (Å²) in [6, 6.07) is 16.6. The van der Waals surface area contributed by atoms with E-state index in [1.807, 2.05) is 36.4 Å². The summed E-state index contributed by atoms with van der Waals surface area (Å²) in [5.41, 5.74) is 1.86. The number of likely N-dealkylation sites (N-methyl/N-ethyl adjacent to an activating group) is 1. The van der Waals surface area contributed by atoms with Gasteiger partial charge in [-0.15, -0.1) is 11.3 Å². The first-order valence-electron chi connectivity index (χ1n) is 14.8. The Balaban J connectivity index is 1.40. The van der Waals surface area contributed by atoms with Crippen molar-refractivity contribution in [1.82, 2.24) is 14.8 Å². The molecule has 3 aromatic carbocycles. The van der Waals surface area contributed by atoms with Crippen molar-refractivity contribution in [3.63, 3.8) is 0 Å². The number of halogens is 3. The summed E-state index contributed by atoms with van der Waals surface area (Å²) < 4.78 is 45.7. The Hall–Kier alpha value is -4.26. The Morgan fingerprint density at radius 1 is 1.15 bits per heavy atom. The predicted molar refractivity (Wildman–Crippen MR) is 171 cm³/mol. The SMILES string of the molecule is C[C@H]1CN([C@@H](C)CO)C(=O)c2cccc(NC(=O)c3ccc(-c4nccs4)cc3)c2O[C@@H]1CN(C)Cc1ccc(C(F)(F)F)cc1. The first-order chi connectivity index (χ1) is 21.9. The number of anilines is 1. The van der Waals surface area contributed by atoms with Gasteiger partial charge in [0.1, 0.15) is 11.1 Å². The van der Waals surface area contributed by atoms with E-state index in [-0.39, 0.29) is 35.7 Å². The van der Waals surface area contributed by atoms with E-state index in [0.717, 1.165) is 22.7 Å². The molecule has 2 N–H and O–H groups in total. The highest BCUT2D eigenvalue weighted by Gasteiger charge is 2.35. The number of thiazole rings is 1. The Morgan fingerprint density at radius 3 is 2.50 bits per heavy atom. The lowest BCUT2D eigenvalue weighted by Gasteiger charge is -2.38. The van der Waals surface area contributed by atoms with Gasteiger partial charge in [-0.3, -0.25) is 14.5 Å². The molecule has 0 unspecified atom stereocenters. The van der Waals surface area contributed by atoms with Gasteiger partial charge >= 0.3 is 6.18 Å². The van der Waals surface area contributed by atoms with E-state index < -0.39 is 23.9 Å². The average Bonchev–Trinajstić information content (AvgIpc) is 3.58. The third-order valence-corrected chi connectivity index (χ3v) is 8.81.